The molecular formula is C25H27N5O4. The average molecular weight is 462 g/mol. The summed E-state index contributed by atoms with van der Waals surface area (Å²) >= 11 is 0. The Bertz CT molecular complexity index is 1210. The molecule has 0 saturated heterocycles. The van der Waals surface area contributed by atoms with Crippen LogP contribution in [0, 0.1) is 6.92 Å². The van der Waals surface area contributed by atoms with Crippen LogP contribution in [0.2, 0.25) is 0 Å². The molecule has 3 rings (SSSR count). The molecule has 2 aromatic carbocycles. The van der Waals surface area contributed by atoms with Crippen LogP contribution in [0.3, 0.4) is 0 Å². The number of amides is 1. The fraction of sp³-hybridized carbons (Fsp3) is 0.200. The minimum atomic E-state index is -1.08. The minimum Gasteiger partial charge on any atom is -0.481 e. The van der Waals surface area contributed by atoms with Crippen LogP contribution >= 0.6 is 0 Å². The number of nitrogens with one attached hydrogen (secondary N) is 1. The zero-order chi connectivity index (χ0) is 24.7. The first-order valence-corrected chi connectivity index (χ1v) is 10.6. The highest BCUT2D eigenvalue weighted by Crippen LogP contribution is 2.28. The molecule has 0 aliphatic heterocycles. The zero-order valence-corrected chi connectivity index (χ0v) is 19.0. The Morgan fingerprint density at radius 3 is 2.44 bits per heavy atom. The Labute approximate surface area is 197 Å². The van der Waals surface area contributed by atoms with Crippen LogP contribution in [-0.4, -0.2) is 41.1 Å². The van der Waals surface area contributed by atoms with Gasteiger partial charge in [0.15, 0.2) is 5.96 Å². The lowest BCUT2D eigenvalue weighted by Gasteiger charge is -2.12. The van der Waals surface area contributed by atoms with E-state index in [9.17, 15) is 9.59 Å². The summed E-state index contributed by atoms with van der Waals surface area (Å²) in [4.78, 5) is 32.1. The van der Waals surface area contributed by atoms with Crippen LogP contribution in [0.1, 0.15) is 27.2 Å². The van der Waals surface area contributed by atoms with Gasteiger partial charge in [-0.3, -0.25) is 14.9 Å². The highest BCUT2D eigenvalue weighted by Gasteiger charge is 2.13. The Balaban J connectivity index is 1.68. The Morgan fingerprint density at radius 1 is 1.09 bits per heavy atom. The summed E-state index contributed by atoms with van der Waals surface area (Å²) in [6, 6.07) is 17.0. The average Bonchev–Trinajstić information content (AvgIpc) is 2.83. The molecule has 1 aromatic heterocycles. The lowest BCUT2D eigenvalue weighted by molar-refractivity contribution is -0.138. The molecule has 176 valence electrons. The number of carboxylic acid groups (broad SMARTS) is 1. The second-order valence-corrected chi connectivity index (χ2v) is 7.65. The van der Waals surface area contributed by atoms with Gasteiger partial charge in [0.1, 0.15) is 6.04 Å². The summed E-state index contributed by atoms with van der Waals surface area (Å²) in [7, 11) is 1.57. The molecule has 9 nitrogen and oxygen atoms in total. The molecule has 0 aliphatic rings. The lowest BCUT2D eigenvalue weighted by atomic mass is 9.99. The molecule has 0 aliphatic carbocycles. The molecule has 6 N–H and O–H groups in total. The number of aliphatic carboxylic acids is 1. The normalized spacial score (nSPS) is 12.1. The van der Waals surface area contributed by atoms with Crippen LogP contribution in [0.4, 0.5) is 0 Å². The van der Waals surface area contributed by atoms with Gasteiger partial charge in [-0.1, -0.05) is 36.4 Å². The van der Waals surface area contributed by atoms with Gasteiger partial charge in [-0.05, 0) is 48.2 Å². The number of nitrogens with two attached hydrogens (primary N) is 2. The van der Waals surface area contributed by atoms with E-state index in [1.165, 1.54) is 0 Å². The van der Waals surface area contributed by atoms with Crippen LogP contribution in [0.25, 0.3) is 11.1 Å². The number of benzene rings is 2. The number of aromatic nitrogens is 1. The Morgan fingerprint density at radius 2 is 1.79 bits per heavy atom. The van der Waals surface area contributed by atoms with Gasteiger partial charge in [-0.2, -0.15) is 0 Å². The molecular weight excluding hydrogens is 434 g/mol. The maximum absolute atomic E-state index is 12.5. The van der Waals surface area contributed by atoms with Crippen molar-refractivity contribution >= 4 is 17.8 Å². The standard InChI is InChI=1S/C25H27N5O4/c1-15-19(11-12-22(29-15)34-2)20-6-4-3-5-18(20)14-28-25(27)30-23(31)17-9-7-16(8-10-17)13-21(26)24(32)33/h3-12,21H,13-14,26H2,1-2H3,(H,32,33)(H3,27,28,30,31)/t21-/m0/s1. The number of rotatable bonds is 8. The first-order chi connectivity index (χ1) is 16.3. The molecule has 0 saturated carbocycles. The third-order valence-corrected chi connectivity index (χ3v) is 5.23. The van der Waals surface area contributed by atoms with Crippen molar-refractivity contribution in [2.75, 3.05) is 7.11 Å². The van der Waals surface area contributed by atoms with Crippen molar-refractivity contribution in [3.05, 3.63) is 83.0 Å². The Hall–Kier alpha value is -4.24. The first-order valence-electron chi connectivity index (χ1n) is 10.6. The van der Waals surface area contributed by atoms with E-state index in [0.717, 1.165) is 22.4 Å². The fourth-order valence-electron chi connectivity index (χ4n) is 3.39. The summed E-state index contributed by atoms with van der Waals surface area (Å²) in [5, 5.41) is 11.5. The van der Waals surface area contributed by atoms with Gasteiger partial charge in [-0.25, -0.2) is 9.98 Å². The maximum Gasteiger partial charge on any atom is 0.320 e. The number of methoxy groups -OCH3 is 1. The maximum atomic E-state index is 12.5. The van der Waals surface area contributed by atoms with Crippen molar-refractivity contribution < 1.29 is 19.4 Å². The molecule has 0 bridgehead atoms. The number of carbonyl (C=O) groups excluding carboxylic acids is 1. The van der Waals surface area contributed by atoms with E-state index < -0.39 is 17.9 Å². The van der Waals surface area contributed by atoms with E-state index in [1.807, 2.05) is 37.3 Å². The SMILES string of the molecule is COc1ccc(-c2ccccc2CN=C(N)NC(=O)c2ccc(C[C@H](N)C(=O)O)cc2)c(C)n1. The third kappa shape index (κ3) is 6.17. The predicted octanol–water partition coefficient (Wildman–Crippen LogP) is 2.26. The number of hydrogen-bond acceptors (Lipinski definition) is 6. The number of aryl methyl sites for hydroxylation is 1. The monoisotopic (exact) mass is 461 g/mol. The third-order valence-electron chi connectivity index (χ3n) is 5.23. The second kappa shape index (κ2) is 11.1. The van der Waals surface area contributed by atoms with E-state index in [1.54, 1.807) is 37.4 Å². The van der Waals surface area contributed by atoms with Crippen molar-refractivity contribution in [3.63, 3.8) is 0 Å². The molecule has 1 amide bonds. The van der Waals surface area contributed by atoms with Gasteiger partial charge >= 0.3 is 5.97 Å². The highest BCUT2D eigenvalue weighted by atomic mass is 16.5. The van der Waals surface area contributed by atoms with Crippen molar-refractivity contribution in [2.24, 2.45) is 16.5 Å². The number of nitrogens with zero attached hydrogens (tertiary/aromatic N) is 2. The molecule has 34 heavy (non-hydrogen) atoms. The molecule has 0 unspecified atom stereocenters. The minimum absolute atomic E-state index is 0.0126. The van der Waals surface area contributed by atoms with Crippen molar-refractivity contribution in [1.29, 1.82) is 0 Å². The summed E-state index contributed by atoms with van der Waals surface area (Å²) < 4.78 is 5.18. The van der Waals surface area contributed by atoms with Gasteiger partial charge in [0, 0.05) is 22.9 Å². The number of ether oxygens (including phenoxy) is 1. The number of guanidine groups is 1. The fourth-order valence-corrected chi connectivity index (χ4v) is 3.39. The van der Waals surface area contributed by atoms with E-state index in [4.69, 9.17) is 21.3 Å². The van der Waals surface area contributed by atoms with Crippen LogP contribution in [-0.2, 0) is 17.8 Å². The van der Waals surface area contributed by atoms with Gasteiger partial charge in [0.05, 0.1) is 13.7 Å². The van der Waals surface area contributed by atoms with Gasteiger partial charge in [-0.15, -0.1) is 0 Å². The quantitative estimate of drug-likeness (QED) is 0.296. The Kier molecular flexibility index (Phi) is 7.94. The molecule has 0 radical (unpaired) electrons. The van der Waals surface area contributed by atoms with E-state index in [-0.39, 0.29) is 18.9 Å². The molecule has 1 atom stereocenters. The predicted molar refractivity (Wildman–Crippen MR) is 130 cm³/mol. The van der Waals surface area contributed by atoms with Crippen LogP contribution < -0.4 is 21.5 Å². The summed E-state index contributed by atoms with van der Waals surface area (Å²) in [5.74, 6) is -0.965. The molecule has 0 fully saturated rings. The summed E-state index contributed by atoms with van der Waals surface area (Å²) in [6.07, 6.45) is 0.170. The van der Waals surface area contributed by atoms with Crippen LogP contribution in [0.5, 0.6) is 5.88 Å². The van der Waals surface area contributed by atoms with Gasteiger partial charge in [0.25, 0.3) is 5.91 Å². The van der Waals surface area contributed by atoms with Crippen LogP contribution in [0.15, 0.2) is 65.7 Å². The molecule has 9 heteroatoms. The summed E-state index contributed by atoms with van der Waals surface area (Å²) in [5.41, 5.74) is 16.2. The van der Waals surface area contributed by atoms with Crippen molar-refractivity contribution in [2.45, 2.75) is 25.9 Å². The van der Waals surface area contributed by atoms with Gasteiger partial charge in [0.2, 0.25) is 5.88 Å². The number of carbonyl (C=O) groups is 2. The highest BCUT2D eigenvalue weighted by molar-refractivity contribution is 6.05. The smallest absolute Gasteiger partial charge is 0.320 e. The summed E-state index contributed by atoms with van der Waals surface area (Å²) in [6.45, 7) is 2.17. The first kappa shape index (κ1) is 24.4. The topological polar surface area (TPSA) is 153 Å². The largest absolute Gasteiger partial charge is 0.481 e. The number of pyridine rings is 1. The van der Waals surface area contributed by atoms with Crippen molar-refractivity contribution in [3.8, 4) is 17.0 Å². The van der Waals surface area contributed by atoms with Crippen molar-refractivity contribution in [1.82, 2.24) is 10.3 Å². The van der Waals surface area contributed by atoms with E-state index in [2.05, 4.69) is 15.3 Å². The molecule has 1 heterocycles. The second-order valence-electron chi connectivity index (χ2n) is 7.65. The van der Waals surface area contributed by atoms with E-state index >= 15 is 0 Å². The van der Waals surface area contributed by atoms with E-state index in [0.29, 0.717) is 17.0 Å². The molecule has 3 aromatic rings. The lowest BCUT2D eigenvalue weighted by Crippen LogP contribution is -2.36. The number of aliphatic imine (C=N–C) groups is 1. The number of hydrogen-bond donors (Lipinski definition) is 4. The molecule has 0 spiro atoms. The van der Waals surface area contributed by atoms with Gasteiger partial charge < -0.3 is 21.3 Å². The number of carboxylic acids is 1. The zero-order valence-electron chi connectivity index (χ0n) is 19.0.